The van der Waals surface area contributed by atoms with E-state index in [2.05, 4.69) is 53.7 Å². The predicted molar refractivity (Wildman–Crippen MR) is 93.7 cm³/mol. The van der Waals surface area contributed by atoms with Gasteiger partial charge < -0.3 is 4.74 Å². The van der Waals surface area contributed by atoms with Crippen LogP contribution >= 0.6 is 0 Å². The van der Waals surface area contributed by atoms with Crippen LogP contribution in [0.4, 0.5) is 0 Å². The Bertz CT molecular complexity index is 308. The molecular formula is C20H38O. The van der Waals surface area contributed by atoms with Gasteiger partial charge in [0.1, 0.15) is 0 Å². The number of ether oxygens (including phenoxy) is 1. The molecule has 1 aliphatic rings. The van der Waals surface area contributed by atoms with Gasteiger partial charge in [0.15, 0.2) is 0 Å². The van der Waals surface area contributed by atoms with Crippen molar-refractivity contribution in [3.05, 3.63) is 12.2 Å². The SMILES string of the molecule is CC(C)(C)C=CCCCCC1(OC(C)(C)C)CCCCC1. The second kappa shape index (κ2) is 7.81. The van der Waals surface area contributed by atoms with E-state index in [1.807, 2.05) is 0 Å². The fourth-order valence-electron chi connectivity index (χ4n) is 3.39. The van der Waals surface area contributed by atoms with Gasteiger partial charge in [-0.05, 0) is 58.3 Å². The molecule has 0 aromatic carbocycles. The Morgan fingerprint density at radius 2 is 1.52 bits per heavy atom. The molecule has 0 atom stereocenters. The lowest BCUT2D eigenvalue weighted by Gasteiger charge is -2.42. The standard InChI is InChI=1S/C20H38O/c1-18(2,3)14-10-7-8-11-15-20(21-19(4,5)6)16-12-9-13-17-20/h10,14H,7-9,11-13,15-17H2,1-6H3. The molecule has 0 aromatic rings. The highest BCUT2D eigenvalue weighted by molar-refractivity contribution is 4.92. The normalized spacial score (nSPS) is 20.1. The molecule has 1 heteroatoms. The monoisotopic (exact) mass is 294 g/mol. The van der Waals surface area contributed by atoms with E-state index in [1.54, 1.807) is 0 Å². The quantitative estimate of drug-likeness (QED) is 0.393. The van der Waals surface area contributed by atoms with Crippen molar-refractivity contribution >= 4 is 0 Å². The molecular weight excluding hydrogens is 256 g/mol. The van der Waals surface area contributed by atoms with Gasteiger partial charge in [-0.1, -0.05) is 58.6 Å². The summed E-state index contributed by atoms with van der Waals surface area (Å²) in [4.78, 5) is 0. The van der Waals surface area contributed by atoms with Crippen molar-refractivity contribution in [2.75, 3.05) is 0 Å². The molecule has 0 heterocycles. The summed E-state index contributed by atoms with van der Waals surface area (Å²) in [7, 11) is 0. The van der Waals surface area contributed by atoms with Crippen molar-refractivity contribution < 1.29 is 4.74 Å². The van der Waals surface area contributed by atoms with Crippen molar-refractivity contribution in [2.24, 2.45) is 5.41 Å². The van der Waals surface area contributed by atoms with Gasteiger partial charge in [0, 0.05) is 0 Å². The van der Waals surface area contributed by atoms with Gasteiger partial charge in [-0.2, -0.15) is 0 Å². The Morgan fingerprint density at radius 1 is 0.905 bits per heavy atom. The molecule has 21 heavy (non-hydrogen) atoms. The molecule has 0 aromatic heterocycles. The summed E-state index contributed by atoms with van der Waals surface area (Å²) in [5, 5.41) is 0. The maximum absolute atomic E-state index is 6.51. The Balaban J connectivity index is 2.39. The van der Waals surface area contributed by atoms with E-state index in [9.17, 15) is 0 Å². The average molecular weight is 295 g/mol. The Hall–Kier alpha value is -0.300. The van der Waals surface area contributed by atoms with Gasteiger partial charge in [-0.25, -0.2) is 0 Å². The molecule has 1 nitrogen and oxygen atoms in total. The molecule has 0 bridgehead atoms. The summed E-state index contributed by atoms with van der Waals surface area (Å²) in [5.74, 6) is 0. The third kappa shape index (κ3) is 8.66. The molecule has 0 N–H and O–H groups in total. The number of hydrogen-bond acceptors (Lipinski definition) is 1. The first-order chi connectivity index (χ1) is 9.62. The highest BCUT2D eigenvalue weighted by Crippen LogP contribution is 2.39. The maximum Gasteiger partial charge on any atom is 0.0689 e. The van der Waals surface area contributed by atoms with E-state index in [0.29, 0.717) is 5.41 Å². The van der Waals surface area contributed by atoms with Gasteiger partial charge in [-0.3, -0.25) is 0 Å². The molecule has 0 saturated heterocycles. The Kier molecular flexibility index (Phi) is 6.97. The Morgan fingerprint density at radius 3 is 2.05 bits per heavy atom. The van der Waals surface area contributed by atoms with E-state index >= 15 is 0 Å². The average Bonchev–Trinajstić information content (AvgIpc) is 2.31. The fraction of sp³-hybridized carbons (Fsp3) is 0.900. The molecule has 0 aliphatic heterocycles. The van der Waals surface area contributed by atoms with Crippen molar-refractivity contribution in [3.63, 3.8) is 0 Å². The van der Waals surface area contributed by atoms with Crippen LogP contribution in [-0.2, 0) is 4.74 Å². The van der Waals surface area contributed by atoms with Crippen LogP contribution in [0, 0.1) is 5.41 Å². The van der Waals surface area contributed by atoms with Crippen LogP contribution in [0.1, 0.15) is 99.3 Å². The van der Waals surface area contributed by atoms with Crippen LogP contribution in [0.5, 0.6) is 0 Å². The molecule has 0 spiro atoms. The fourth-order valence-corrected chi connectivity index (χ4v) is 3.39. The van der Waals surface area contributed by atoms with Gasteiger partial charge >= 0.3 is 0 Å². The lowest BCUT2D eigenvalue weighted by molar-refractivity contribution is -0.153. The minimum Gasteiger partial charge on any atom is -0.369 e. The van der Waals surface area contributed by atoms with Crippen molar-refractivity contribution in [1.82, 2.24) is 0 Å². The number of unbranched alkanes of at least 4 members (excludes halogenated alkanes) is 2. The molecule has 1 saturated carbocycles. The molecule has 1 rings (SSSR count). The van der Waals surface area contributed by atoms with E-state index in [4.69, 9.17) is 4.74 Å². The molecule has 0 unspecified atom stereocenters. The zero-order chi connectivity index (χ0) is 16.0. The highest BCUT2D eigenvalue weighted by atomic mass is 16.5. The largest absolute Gasteiger partial charge is 0.369 e. The van der Waals surface area contributed by atoms with Crippen molar-refractivity contribution in [2.45, 2.75) is 111 Å². The minimum atomic E-state index is -0.0104. The molecule has 1 aliphatic carbocycles. The third-order valence-corrected chi connectivity index (χ3v) is 4.16. The summed E-state index contributed by atoms with van der Waals surface area (Å²) in [6.45, 7) is 13.4. The van der Waals surface area contributed by atoms with Crippen molar-refractivity contribution in [1.29, 1.82) is 0 Å². The second-order valence-corrected chi connectivity index (χ2v) is 8.97. The topological polar surface area (TPSA) is 9.23 Å². The highest BCUT2D eigenvalue weighted by Gasteiger charge is 2.35. The minimum absolute atomic E-state index is 0.0104. The Labute approximate surface area is 133 Å². The number of allylic oxidation sites excluding steroid dienone is 2. The van der Waals surface area contributed by atoms with Crippen molar-refractivity contribution in [3.8, 4) is 0 Å². The number of rotatable bonds is 6. The summed E-state index contributed by atoms with van der Waals surface area (Å²) in [6, 6.07) is 0. The zero-order valence-electron chi connectivity index (χ0n) is 15.4. The smallest absolute Gasteiger partial charge is 0.0689 e. The van der Waals surface area contributed by atoms with E-state index in [1.165, 1.54) is 57.8 Å². The molecule has 1 fully saturated rings. The summed E-state index contributed by atoms with van der Waals surface area (Å²) in [6.07, 6.45) is 16.4. The lowest BCUT2D eigenvalue weighted by atomic mass is 9.80. The second-order valence-electron chi connectivity index (χ2n) is 8.97. The molecule has 0 radical (unpaired) electrons. The van der Waals surface area contributed by atoms with Crippen LogP contribution < -0.4 is 0 Å². The summed E-state index contributed by atoms with van der Waals surface area (Å²) < 4.78 is 6.51. The first kappa shape index (κ1) is 18.7. The van der Waals surface area contributed by atoms with E-state index in [-0.39, 0.29) is 11.2 Å². The van der Waals surface area contributed by atoms with Gasteiger partial charge in [-0.15, -0.1) is 0 Å². The maximum atomic E-state index is 6.51. The van der Waals surface area contributed by atoms with E-state index < -0.39 is 0 Å². The molecule has 124 valence electrons. The lowest BCUT2D eigenvalue weighted by Crippen LogP contribution is -2.41. The van der Waals surface area contributed by atoms with Gasteiger partial charge in [0.25, 0.3) is 0 Å². The van der Waals surface area contributed by atoms with Gasteiger partial charge in [0.05, 0.1) is 11.2 Å². The summed E-state index contributed by atoms with van der Waals surface area (Å²) in [5.41, 5.74) is 0.480. The van der Waals surface area contributed by atoms with Crippen LogP contribution in [0.3, 0.4) is 0 Å². The first-order valence-electron chi connectivity index (χ1n) is 9.00. The predicted octanol–water partition coefficient (Wildman–Crippen LogP) is 6.67. The van der Waals surface area contributed by atoms with Crippen LogP contribution in [-0.4, -0.2) is 11.2 Å². The summed E-state index contributed by atoms with van der Waals surface area (Å²) >= 11 is 0. The van der Waals surface area contributed by atoms with Crippen LogP contribution in [0.2, 0.25) is 0 Å². The van der Waals surface area contributed by atoms with Gasteiger partial charge in [0.2, 0.25) is 0 Å². The molecule has 0 amide bonds. The number of hydrogen-bond donors (Lipinski definition) is 0. The van der Waals surface area contributed by atoms with E-state index in [0.717, 1.165) is 0 Å². The van der Waals surface area contributed by atoms with Crippen LogP contribution in [0.25, 0.3) is 0 Å². The van der Waals surface area contributed by atoms with Crippen LogP contribution in [0.15, 0.2) is 12.2 Å². The first-order valence-corrected chi connectivity index (χ1v) is 9.00. The third-order valence-electron chi connectivity index (χ3n) is 4.16. The zero-order valence-corrected chi connectivity index (χ0v) is 15.4.